The molecule has 2 aromatic rings. The molecular weight excluding hydrogens is 404 g/mol. The first kappa shape index (κ1) is 20.7. The van der Waals surface area contributed by atoms with E-state index in [1.54, 1.807) is 35.2 Å². The van der Waals surface area contributed by atoms with E-state index in [0.29, 0.717) is 37.6 Å². The normalized spacial score (nSPS) is 18.3. The van der Waals surface area contributed by atoms with E-state index in [0.717, 1.165) is 30.5 Å². The van der Waals surface area contributed by atoms with Crippen LogP contribution in [0.25, 0.3) is 0 Å². The molecule has 0 aromatic heterocycles. The summed E-state index contributed by atoms with van der Waals surface area (Å²) in [5.74, 6) is 0.634. The molecule has 0 radical (unpaired) electrons. The van der Waals surface area contributed by atoms with Crippen LogP contribution in [-0.2, 0) is 26.0 Å². The number of hydrogen-bond donors (Lipinski definition) is 1. The molecule has 1 atom stereocenters. The van der Waals surface area contributed by atoms with Crippen LogP contribution in [0.2, 0.25) is 0 Å². The summed E-state index contributed by atoms with van der Waals surface area (Å²) in [6, 6.07) is 11.7. The second kappa shape index (κ2) is 8.65. The number of anilines is 2. The number of ether oxygens (including phenoxy) is 2. The third kappa shape index (κ3) is 4.29. The van der Waals surface area contributed by atoms with E-state index in [-0.39, 0.29) is 16.9 Å². The Hall–Kier alpha value is -2.58. The Kier molecular flexibility index (Phi) is 5.97. The summed E-state index contributed by atoms with van der Waals surface area (Å²) in [5.41, 5.74) is 2.26. The van der Waals surface area contributed by atoms with Crippen molar-refractivity contribution in [2.24, 2.45) is 0 Å². The minimum Gasteiger partial charge on any atom is -0.494 e. The van der Waals surface area contributed by atoms with E-state index < -0.39 is 10.0 Å². The van der Waals surface area contributed by atoms with Gasteiger partial charge in [0.2, 0.25) is 0 Å². The molecule has 4 rings (SSSR count). The average molecular weight is 431 g/mol. The summed E-state index contributed by atoms with van der Waals surface area (Å²) >= 11 is 0. The van der Waals surface area contributed by atoms with Crippen molar-refractivity contribution in [3.05, 3.63) is 48.0 Å². The van der Waals surface area contributed by atoms with E-state index in [1.165, 1.54) is 12.1 Å². The number of hydrogen-bond acceptors (Lipinski definition) is 5. The summed E-state index contributed by atoms with van der Waals surface area (Å²) in [4.78, 5) is 14.6. The van der Waals surface area contributed by atoms with Crippen molar-refractivity contribution in [3.63, 3.8) is 0 Å². The van der Waals surface area contributed by atoms with Gasteiger partial charge in [-0.25, -0.2) is 8.42 Å². The summed E-state index contributed by atoms with van der Waals surface area (Å²) in [6.45, 7) is 3.82. The Labute approximate surface area is 177 Å². The standard InChI is InChI=1S/C22H26N2O5S/c1-2-13-28-18-6-8-19(9-7-18)30(26,27)23-17-5-10-20-16(15-17)11-12-24(20)22(25)21-4-3-14-29-21/h5-10,15,21,23H,2-4,11-14H2,1H3. The third-order valence-corrected chi connectivity index (χ3v) is 6.70. The van der Waals surface area contributed by atoms with Crippen molar-refractivity contribution in [1.29, 1.82) is 0 Å². The highest BCUT2D eigenvalue weighted by atomic mass is 32.2. The molecule has 0 spiro atoms. The number of fused-ring (bicyclic) bond motifs is 1. The number of carbonyl (C=O) groups excluding carboxylic acids is 1. The lowest BCUT2D eigenvalue weighted by Gasteiger charge is -2.21. The summed E-state index contributed by atoms with van der Waals surface area (Å²) in [7, 11) is -3.72. The van der Waals surface area contributed by atoms with Gasteiger partial charge in [-0.1, -0.05) is 6.92 Å². The molecule has 1 saturated heterocycles. The summed E-state index contributed by atoms with van der Waals surface area (Å²) in [5, 5.41) is 0. The zero-order valence-electron chi connectivity index (χ0n) is 17.0. The van der Waals surface area contributed by atoms with Gasteiger partial charge < -0.3 is 14.4 Å². The zero-order valence-corrected chi connectivity index (χ0v) is 17.8. The number of amides is 1. The van der Waals surface area contributed by atoms with Gasteiger partial charge in [0.05, 0.1) is 11.5 Å². The Morgan fingerprint density at radius 3 is 2.73 bits per heavy atom. The van der Waals surface area contributed by atoms with E-state index in [1.807, 2.05) is 6.92 Å². The average Bonchev–Trinajstić information content (AvgIpc) is 3.42. The first-order valence-electron chi connectivity index (χ1n) is 10.3. The van der Waals surface area contributed by atoms with Crippen LogP contribution in [0, 0.1) is 0 Å². The van der Waals surface area contributed by atoms with Crippen molar-refractivity contribution in [2.45, 2.75) is 43.6 Å². The fourth-order valence-electron chi connectivity index (χ4n) is 3.79. The molecule has 0 bridgehead atoms. The van der Waals surface area contributed by atoms with Crippen LogP contribution in [-0.4, -0.2) is 40.2 Å². The fraction of sp³-hybridized carbons (Fsp3) is 0.409. The fourth-order valence-corrected chi connectivity index (χ4v) is 4.84. The Morgan fingerprint density at radius 2 is 2.03 bits per heavy atom. The molecule has 30 heavy (non-hydrogen) atoms. The lowest BCUT2D eigenvalue weighted by Crippen LogP contribution is -2.37. The highest BCUT2D eigenvalue weighted by Crippen LogP contribution is 2.33. The van der Waals surface area contributed by atoms with Crippen LogP contribution in [0.1, 0.15) is 31.7 Å². The molecule has 0 saturated carbocycles. The SMILES string of the molecule is CCCOc1ccc(S(=O)(=O)Nc2ccc3c(c2)CCN3C(=O)C2CCCO2)cc1. The molecule has 7 nitrogen and oxygen atoms in total. The molecule has 1 amide bonds. The number of nitrogens with zero attached hydrogens (tertiary/aromatic N) is 1. The van der Waals surface area contributed by atoms with E-state index in [9.17, 15) is 13.2 Å². The molecule has 1 fully saturated rings. The van der Waals surface area contributed by atoms with Crippen molar-refractivity contribution in [3.8, 4) is 5.75 Å². The van der Waals surface area contributed by atoms with E-state index in [2.05, 4.69) is 4.72 Å². The maximum absolute atomic E-state index is 12.7. The molecule has 160 valence electrons. The maximum atomic E-state index is 12.7. The highest BCUT2D eigenvalue weighted by molar-refractivity contribution is 7.92. The van der Waals surface area contributed by atoms with Gasteiger partial charge >= 0.3 is 0 Å². The van der Waals surface area contributed by atoms with Crippen LogP contribution in [0.4, 0.5) is 11.4 Å². The number of nitrogens with one attached hydrogen (secondary N) is 1. The smallest absolute Gasteiger partial charge is 0.261 e. The quantitative estimate of drug-likeness (QED) is 0.728. The maximum Gasteiger partial charge on any atom is 0.261 e. The number of rotatable bonds is 7. The van der Waals surface area contributed by atoms with Crippen molar-refractivity contribution < 1.29 is 22.7 Å². The van der Waals surface area contributed by atoms with Gasteiger partial charge in [-0.3, -0.25) is 9.52 Å². The predicted octanol–water partition coefficient (Wildman–Crippen LogP) is 3.34. The van der Waals surface area contributed by atoms with Gasteiger partial charge in [-0.05, 0) is 73.7 Å². The molecule has 2 heterocycles. The van der Waals surface area contributed by atoms with Crippen molar-refractivity contribution >= 4 is 27.3 Å². The molecule has 2 aliphatic rings. The summed E-state index contributed by atoms with van der Waals surface area (Å²) < 4.78 is 39.1. The second-order valence-electron chi connectivity index (χ2n) is 7.51. The lowest BCUT2D eigenvalue weighted by molar-refractivity contribution is -0.127. The first-order valence-corrected chi connectivity index (χ1v) is 11.8. The van der Waals surface area contributed by atoms with Crippen LogP contribution < -0.4 is 14.4 Å². The van der Waals surface area contributed by atoms with E-state index in [4.69, 9.17) is 9.47 Å². The zero-order chi connectivity index (χ0) is 21.1. The van der Waals surface area contributed by atoms with Crippen LogP contribution in [0.15, 0.2) is 47.4 Å². The predicted molar refractivity (Wildman–Crippen MR) is 115 cm³/mol. The van der Waals surface area contributed by atoms with Gasteiger partial charge in [-0.15, -0.1) is 0 Å². The van der Waals surface area contributed by atoms with Gasteiger partial charge in [-0.2, -0.15) is 0 Å². The molecular formula is C22H26N2O5S. The third-order valence-electron chi connectivity index (χ3n) is 5.31. The molecule has 1 unspecified atom stereocenters. The molecule has 2 aromatic carbocycles. The first-order chi connectivity index (χ1) is 14.5. The largest absolute Gasteiger partial charge is 0.494 e. The second-order valence-corrected chi connectivity index (χ2v) is 9.19. The van der Waals surface area contributed by atoms with Gasteiger partial charge in [0.25, 0.3) is 15.9 Å². The van der Waals surface area contributed by atoms with Crippen molar-refractivity contribution in [1.82, 2.24) is 0 Å². The molecule has 2 aliphatic heterocycles. The Morgan fingerprint density at radius 1 is 1.23 bits per heavy atom. The topological polar surface area (TPSA) is 84.9 Å². The molecule has 8 heteroatoms. The highest BCUT2D eigenvalue weighted by Gasteiger charge is 2.32. The van der Waals surface area contributed by atoms with Crippen LogP contribution >= 0.6 is 0 Å². The Bertz CT molecular complexity index is 1010. The number of benzene rings is 2. The van der Waals surface area contributed by atoms with Crippen LogP contribution in [0.5, 0.6) is 5.75 Å². The van der Waals surface area contributed by atoms with Crippen molar-refractivity contribution in [2.75, 3.05) is 29.4 Å². The van der Waals surface area contributed by atoms with Gasteiger partial charge in [0.15, 0.2) is 0 Å². The minimum absolute atomic E-state index is 0.00929. The minimum atomic E-state index is -3.72. The molecule has 0 aliphatic carbocycles. The molecule has 1 N–H and O–H groups in total. The Balaban J connectivity index is 1.47. The number of sulfonamides is 1. The lowest BCUT2D eigenvalue weighted by atomic mass is 10.1. The van der Waals surface area contributed by atoms with Gasteiger partial charge in [0.1, 0.15) is 11.9 Å². The van der Waals surface area contributed by atoms with E-state index >= 15 is 0 Å². The number of carbonyl (C=O) groups is 1. The monoisotopic (exact) mass is 430 g/mol. The van der Waals surface area contributed by atoms with Gasteiger partial charge in [0, 0.05) is 24.5 Å². The summed E-state index contributed by atoms with van der Waals surface area (Å²) in [6.07, 6.45) is 2.87. The van der Waals surface area contributed by atoms with Crippen LogP contribution in [0.3, 0.4) is 0 Å².